The minimum Gasteiger partial charge on any atom is -0.392 e. The van der Waals surface area contributed by atoms with Crippen molar-refractivity contribution < 1.29 is 9.90 Å². The first kappa shape index (κ1) is 17.1. The molecule has 0 radical (unpaired) electrons. The molecule has 0 aliphatic heterocycles. The number of anilines is 1. The second-order valence-electron chi connectivity index (χ2n) is 5.31. The number of nitrogens with zero attached hydrogens (tertiary/aromatic N) is 2. The second-order valence-corrected chi connectivity index (χ2v) is 6.28. The predicted molar refractivity (Wildman–Crippen MR) is 98.4 cm³/mol. The topological polar surface area (TPSA) is 75.1 Å². The summed E-state index contributed by atoms with van der Waals surface area (Å²) in [5.74, 6) is 0.486. The van der Waals surface area contributed by atoms with Gasteiger partial charge in [0, 0.05) is 30.0 Å². The summed E-state index contributed by atoms with van der Waals surface area (Å²) in [5, 5.41) is 12.7. The van der Waals surface area contributed by atoms with Crippen molar-refractivity contribution in [2.24, 2.45) is 0 Å². The van der Waals surface area contributed by atoms with Crippen molar-refractivity contribution in [1.29, 1.82) is 0 Å². The highest BCUT2D eigenvalue weighted by Crippen LogP contribution is 2.24. The lowest BCUT2D eigenvalue weighted by Crippen LogP contribution is -2.13. The molecule has 5 nitrogen and oxygen atoms in total. The molecule has 2 aromatic heterocycles. The Morgan fingerprint density at radius 2 is 1.88 bits per heavy atom. The molecule has 0 spiro atoms. The summed E-state index contributed by atoms with van der Waals surface area (Å²) in [7, 11) is 0. The van der Waals surface area contributed by atoms with Gasteiger partial charge in [0.15, 0.2) is 0 Å². The Balaban J connectivity index is 1.74. The average Bonchev–Trinajstić information content (AvgIpc) is 2.67. The number of hydrogen-bond acceptors (Lipinski definition) is 5. The normalized spacial score (nSPS) is 10.4. The second kappa shape index (κ2) is 8.41. The maximum absolute atomic E-state index is 12.6. The van der Waals surface area contributed by atoms with Crippen LogP contribution >= 0.6 is 11.8 Å². The van der Waals surface area contributed by atoms with Gasteiger partial charge in [-0.1, -0.05) is 12.1 Å². The lowest BCUT2D eigenvalue weighted by molar-refractivity contribution is 0.102. The van der Waals surface area contributed by atoms with Gasteiger partial charge in [-0.3, -0.25) is 9.78 Å². The number of aromatic nitrogens is 2. The number of aliphatic hydroxyl groups excluding tert-OH is 1. The minimum atomic E-state index is -0.222. The van der Waals surface area contributed by atoms with E-state index in [9.17, 15) is 9.90 Å². The van der Waals surface area contributed by atoms with Crippen LogP contribution in [0, 0.1) is 0 Å². The van der Waals surface area contributed by atoms with Crippen molar-refractivity contribution >= 4 is 23.4 Å². The Morgan fingerprint density at radius 3 is 2.68 bits per heavy atom. The molecule has 0 fully saturated rings. The van der Waals surface area contributed by atoms with Crippen LogP contribution in [0.25, 0.3) is 0 Å². The van der Waals surface area contributed by atoms with E-state index in [2.05, 4.69) is 15.3 Å². The van der Waals surface area contributed by atoms with E-state index in [-0.39, 0.29) is 12.5 Å². The van der Waals surface area contributed by atoms with Crippen LogP contribution in [0.5, 0.6) is 0 Å². The quantitative estimate of drug-likeness (QED) is 0.665. The van der Waals surface area contributed by atoms with E-state index in [1.165, 1.54) is 11.8 Å². The summed E-state index contributed by atoms with van der Waals surface area (Å²) < 4.78 is 0. The van der Waals surface area contributed by atoms with E-state index in [1.54, 1.807) is 55.0 Å². The number of benzene rings is 1. The Hall–Kier alpha value is -2.70. The first-order valence-corrected chi connectivity index (χ1v) is 8.72. The lowest BCUT2D eigenvalue weighted by Gasteiger charge is -2.10. The molecule has 2 N–H and O–H groups in total. The number of amides is 1. The summed E-state index contributed by atoms with van der Waals surface area (Å²) >= 11 is 1.51. The van der Waals surface area contributed by atoms with E-state index >= 15 is 0 Å². The van der Waals surface area contributed by atoms with Crippen LogP contribution < -0.4 is 5.32 Å². The molecule has 25 heavy (non-hydrogen) atoms. The van der Waals surface area contributed by atoms with Gasteiger partial charge in [-0.15, -0.1) is 11.8 Å². The van der Waals surface area contributed by atoms with E-state index < -0.39 is 0 Å². The molecule has 1 aromatic carbocycles. The van der Waals surface area contributed by atoms with Gasteiger partial charge in [0.1, 0.15) is 5.03 Å². The van der Waals surface area contributed by atoms with E-state index in [4.69, 9.17) is 0 Å². The zero-order chi connectivity index (χ0) is 17.5. The zero-order valence-electron chi connectivity index (χ0n) is 13.4. The third-order valence-electron chi connectivity index (χ3n) is 3.51. The van der Waals surface area contributed by atoms with Crippen LogP contribution in [-0.4, -0.2) is 21.0 Å². The Bertz CT molecular complexity index is 856. The van der Waals surface area contributed by atoms with E-state index in [0.29, 0.717) is 22.0 Å². The molecule has 0 saturated carbocycles. The van der Waals surface area contributed by atoms with E-state index in [0.717, 1.165) is 11.1 Å². The fourth-order valence-corrected chi connectivity index (χ4v) is 3.20. The molecule has 2 heterocycles. The first-order chi connectivity index (χ1) is 12.3. The SMILES string of the molecule is O=C(Nc1cccc(CO)c1)c1cccnc1SCc1ccncc1. The van der Waals surface area contributed by atoms with Crippen LogP contribution in [-0.2, 0) is 12.4 Å². The molecular formula is C19H17N3O2S. The summed E-state index contributed by atoms with van der Waals surface area (Å²) in [4.78, 5) is 20.9. The number of pyridine rings is 2. The van der Waals surface area contributed by atoms with Crippen molar-refractivity contribution in [3.63, 3.8) is 0 Å². The standard InChI is InChI=1S/C19H17N3O2S/c23-12-15-3-1-4-16(11-15)22-18(24)17-5-2-8-21-19(17)25-13-14-6-9-20-10-7-14/h1-11,23H,12-13H2,(H,22,24). The van der Waals surface area contributed by atoms with Crippen molar-refractivity contribution in [3.05, 3.63) is 83.8 Å². The van der Waals surface area contributed by atoms with Gasteiger partial charge in [-0.2, -0.15) is 0 Å². The molecule has 0 aliphatic rings. The monoisotopic (exact) mass is 351 g/mol. The van der Waals surface area contributed by atoms with Gasteiger partial charge in [0.05, 0.1) is 12.2 Å². The van der Waals surface area contributed by atoms with Crippen LogP contribution in [0.2, 0.25) is 0 Å². The molecule has 1 amide bonds. The van der Waals surface area contributed by atoms with Crippen molar-refractivity contribution in [1.82, 2.24) is 9.97 Å². The number of aliphatic hydroxyl groups is 1. The van der Waals surface area contributed by atoms with Gasteiger partial charge in [-0.05, 0) is 47.5 Å². The smallest absolute Gasteiger partial charge is 0.258 e. The minimum absolute atomic E-state index is 0.0658. The number of nitrogens with one attached hydrogen (secondary N) is 1. The van der Waals surface area contributed by atoms with E-state index in [1.807, 2.05) is 12.1 Å². The van der Waals surface area contributed by atoms with Gasteiger partial charge < -0.3 is 10.4 Å². The highest BCUT2D eigenvalue weighted by Gasteiger charge is 2.13. The number of carbonyl (C=O) groups excluding carboxylic acids is 1. The average molecular weight is 351 g/mol. The largest absolute Gasteiger partial charge is 0.392 e. The van der Waals surface area contributed by atoms with Gasteiger partial charge in [0.2, 0.25) is 0 Å². The van der Waals surface area contributed by atoms with Crippen LogP contribution in [0.15, 0.2) is 72.1 Å². The number of thioether (sulfide) groups is 1. The number of hydrogen-bond donors (Lipinski definition) is 2. The summed E-state index contributed by atoms with van der Waals surface area (Å²) in [5.41, 5.74) is 3.03. The summed E-state index contributed by atoms with van der Waals surface area (Å²) in [6.45, 7) is -0.0658. The zero-order valence-corrected chi connectivity index (χ0v) is 14.2. The van der Waals surface area contributed by atoms with Crippen molar-refractivity contribution in [3.8, 4) is 0 Å². The fraction of sp³-hybridized carbons (Fsp3) is 0.105. The van der Waals surface area contributed by atoms with Gasteiger partial charge in [0.25, 0.3) is 5.91 Å². The molecule has 0 unspecified atom stereocenters. The van der Waals surface area contributed by atoms with Gasteiger partial charge >= 0.3 is 0 Å². The molecule has 126 valence electrons. The summed E-state index contributed by atoms with van der Waals surface area (Å²) in [6.07, 6.45) is 5.17. The molecule has 3 rings (SSSR count). The predicted octanol–water partition coefficient (Wildman–Crippen LogP) is 3.51. The summed E-state index contributed by atoms with van der Waals surface area (Å²) in [6, 6.07) is 14.5. The van der Waals surface area contributed by atoms with Gasteiger partial charge in [-0.25, -0.2) is 4.98 Å². The third-order valence-corrected chi connectivity index (χ3v) is 4.58. The Morgan fingerprint density at radius 1 is 1.04 bits per heavy atom. The first-order valence-electron chi connectivity index (χ1n) is 7.74. The molecule has 0 saturated heterocycles. The highest BCUT2D eigenvalue weighted by atomic mass is 32.2. The number of carbonyl (C=O) groups is 1. The molecule has 0 atom stereocenters. The van der Waals surface area contributed by atoms with Crippen LogP contribution in [0.3, 0.4) is 0 Å². The Kier molecular flexibility index (Phi) is 5.77. The van der Waals surface area contributed by atoms with Crippen LogP contribution in [0.1, 0.15) is 21.5 Å². The molecule has 0 bridgehead atoms. The maximum atomic E-state index is 12.6. The lowest BCUT2D eigenvalue weighted by atomic mass is 10.2. The maximum Gasteiger partial charge on any atom is 0.258 e. The Labute approximate surface area is 150 Å². The molecule has 0 aliphatic carbocycles. The van der Waals surface area contributed by atoms with Crippen LogP contribution in [0.4, 0.5) is 5.69 Å². The molecular weight excluding hydrogens is 334 g/mol. The fourth-order valence-electron chi connectivity index (χ4n) is 2.26. The molecule has 3 aromatic rings. The molecule has 6 heteroatoms. The highest BCUT2D eigenvalue weighted by molar-refractivity contribution is 7.98. The van der Waals surface area contributed by atoms with Crippen molar-refractivity contribution in [2.75, 3.05) is 5.32 Å². The van der Waals surface area contributed by atoms with Crippen molar-refractivity contribution in [2.45, 2.75) is 17.4 Å². The third kappa shape index (κ3) is 4.65. The number of rotatable bonds is 6.